The highest BCUT2D eigenvalue weighted by Crippen LogP contribution is 2.36. The highest BCUT2D eigenvalue weighted by molar-refractivity contribution is 14.1. The van der Waals surface area contributed by atoms with E-state index in [1.54, 1.807) is 0 Å². The van der Waals surface area contributed by atoms with Crippen LogP contribution in [0.15, 0.2) is 36.4 Å². The SMILES string of the molecule is COc1cc(F)c(C(Br)c2cccc(I)c2)c(F)c1. The average Bonchev–Trinajstić information content (AvgIpc) is 2.37. The molecule has 0 spiro atoms. The highest BCUT2D eigenvalue weighted by Gasteiger charge is 2.21. The summed E-state index contributed by atoms with van der Waals surface area (Å²) >= 11 is 5.51. The fourth-order valence-corrected chi connectivity index (χ4v) is 3.04. The summed E-state index contributed by atoms with van der Waals surface area (Å²) in [5, 5.41) is 0. The molecule has 5 heteroatoms. The van der Waals surface area contributed by atoms with E-state index in [4.69, 9.17) is 4.74 Å². The maximum atomic E-state index is 14.0. The number of alkyl halides is 1. The first-order chi connectivity index (χ1) is 9.02. The van der Waals surface area contributed by atoms with E-state index in [0.29, 0.717) is 0 Å². The lowest BCUT2D eigenvalue weighted by molar-refractivity contribution is 0.405. The van der Waals surface area contributed by atoms with Crippen molar-refractivity contribution >= 4 is 38.5 Å². The van der Waals surface area contributed by atoms with Gasteiger partial charge in [0.15, 0.2) is 0 Å². The second-order valence-corrected chi connectivity index (χ2v) is 6.08. The van der Waals surface area contributed by atoms with Crippen LogP contribution in [0, 0.1) is 15.2 Å². The molecule has 100 valence electrons. The summed E-state index contributed by atoms with van der Waals surface area (Å²) in [6.45, 7) is 0. The number of methoxy groups -OCH3 is 1. The third kappa shape index (κ3) is 3.25. The van der Waals surface area contributed by atoms with Gasteiger partial charge in [-0.05, 0) is 40.3 Å². The van der Waals surface area contributed by atoms with E-state index in [2.05, 4.69) is 38.5 Å². The maximum Gasteiger partial charge on any atom is 0.134 e. The van der Waals surface area contributed by atoms with Gasteiger partial charge in [-0.1, -0.05) is 28.1 Å². The van der Waals surface area contributed by atoms with Crippen LogP contribution in [0.4, 0.5) is 8.78 Å². The Morgan fingerprint density at radius 2 is 1.79 bits per heavy atom. The van der Waals surface area contributed by atoms with Crippen molar-refractivity contribution in [3.05, 3.63) is 62.7 Å². The van der Waals surface area contributed by atoms with Crippen molar-refractivity contribution in [1.82, 2.24) is 0 Å². The lowest BCUT2D eigenvalue weighted by atomic mass is 10.0. The minimum atomic E-state index is -0.627. The van der Waals surface area contributed by atoms with Gasteiger partial charge in [-0.25, -0.2) is 8.78 Å². The van der Waals surface area contributed by atoms with Crippen LogP contribution in [-0.4, -0.2) is 7.11 Å². The van der Waals surface area contributed by atoms with Crippen molar-refractivity contribution in [1.29, 1.82) is 0 Å². The Morgan fingerprint density at radius 3 is 2.32 bits per heavy atom. The van der Waals surface area contributed by atoms with Gasteiger partial charge < -0.3 is 4.74 Å². The molecule has 0 heterocycles. The predicted molar refractivity (Wildman–Crippen MR) is 82.8 cm³/mol. The molecule has 2 aromatic rings. The highest BCUT2D eigenvalue weighted by atomic mass is 127. The third-order valence-electron chi connectivity index (χ3n) is 2.68. The van der Waals surface area contributed by atoms with Gasteiger partial charge in [0.1, 0.15) is 17.4 Å². The van der Waals surface area contributed by atoms with Gasteiger partial charge in [-0.3, -0.25) is 0 Å². The van der Waals surface area contributed by atoms with E-state index >= 15 is 0 Å². The Kier molecular flexibility index (Phi) is 4.78. The molecule has 0 aliphatic heterocycles. The van der Waals surface area contributed by atoms with E-state index in [1.807, 2.05) is 24.3 Å². The molecular formula is C14H10BrF2IO. The third-order valence-corrected chi connectivity index (χ3v) is 4.34. The van der Waals surface area contributed by atoms with Gasteiger partial charge in [-0.2, -0.15) is 0 Å². The van der Waals surface area contributed by atoms with Crippen LogP contribution in [0.25, 0.3) is 0 Å². The maximum absolute atomic E-state index is 14.0. The molecule has 19 heavy (non-hydrogen) atoms. The van der Waals surface area contributed by atoms with Gasteiger partial charge in [0.05, 0.1) is 11.9 Å². The number of benzene rings is 2. The number of hydrogen-bond acceptors (Lipinski definition) is 1. The Hall–Kier alpha value is -0.690. The monoisotopic (exact) mass is 438 g/mol. The van der Waals surface area contributed by atoms with Crippen molar-refractivity contribution in [2.24, 2.45) is 0 Å². The Balaban J connectivity index is 2.47. The van der Waals surface area contributed by atoms with Crippen LogP contribution in [0.3, 0.4) is 0 Å². The van der Waals surface area contributed by atoms with E-state index in [0.717, 1.165) is 9.13 Å². The van der Waals surface area contributed by atoms with Crippen LogP contribution < -0.4 is 4.74 Å². The summed E-state index contributed by atoms with van der Waals surface area (Å²) in [4.78, 5) is -0.534. The van der Waals surface area contributed by atoms with E-state index < -0.39 is 16.5 Å². The van der Waals surface area contributed by atoms with Gasteiger partial charge in [0.2, 0.25) is 0 Å². The van der Waals surface area contributed by atoms with E-state index in [9.17, 15) is 8.78 Å². The molecule has 1 nitrogen and oxygen atoms in total. The topological polar surface area (TPSA) is 9.23 Å². The first-order valence-electron chi connectivity index (χ1n) is 5.45. The number of ether oxygens (including phenoxy) is 1. The van der Waals surface area contributed by atoms with Gasteiger partial charge in [0.25, 0.3) is 0 Å². The van der Waals surface area contributed by atoms with Crippen LogP contribution in [0.2, 0.25) is 0 Å². The number of hydrogen-bond donors (Lipinski definition) is 0. The molecule has 0 saturated heterocycles. The molecule has 0 aromatic heterocycles. The van der Waals surface area contributed by atoms with E-state index in [1.165, 1.54) is 19.2 Å². The van der Waals surface area contributed by atoms with Crippen LogP contribution in [-0.2, 0) is 0 Å². The summed E-state index contributed by atoms with van der Waals surface area (Å²) in [5.41, 5.74) is 0.790. The van der Waals surface area contributed by atoms with Crippen molar-refractivity contribution in [2.75, 3.05) is 7.11 Å². The predicted octanol–water partition coefficient (Wildman–Crippen LogP) is 5.06. The van der Waals surface area contributed by atoms with Gasteiger partial charge >= 0.3 is 0 Å². The van der Waals surface area contributed by atoms with Crippen molar-refractivity contribution in [3.8, 4) is 5.75 Å². The van der Waals surface area contributed by atoms with Gasteiger partial charge in [0, 0.05) is 21.3 Å². The number of halogens is 4. The molecule has 0 saturated carbocycles. The molecular weight excluding hydrogens is 429 g/mol. The lowest BCUT2D eigenvalue weighted by Gasteiger charge is -2.14. The Morgan fingerprint density at radius 1 is 1.16 bits per heavy atom. The van der Waals surface area contributed by atoms with Crippen molar-refractivity contribution < 1.29 is 13.5 Å². The molecule has 1 atom stereocenters. The molecule has 2 rings (SSSR count). The molecule has 2 aromatic carbocycles. The fraction of sp³-hybridized carbons (Fsp3) is 0.143. The van der Waals surface area contributed by atoms with Crippen LogP contribution in [0.1, 0.15) is 16.0 Å². The molecule has 0 N–H and O–H groups in total. The average molecular weight is 439 g/mol. The molecule has 0 bridgehead atoms. The smallest absolute Gasteiger partial charge is 0.134 e. The zero-order valence-electron chi connectivity index (χ0n) is 9.96. The van der Waals surface area contributed by atoms with Crippen LogP contribution in [0.5, 0.6) is 5.75 Å². The largest absolute Gasteiger partial charge is 0.497 e. The quantitative estimate of drug-likeness (QED) is 0.480. The van der Waals surface area contributed by atoms with E-state index in [-0.39, 0.29) is 11.3 Å². The summed E-state index contributed by atoms with van der Waals surface area (Å²) in [6.07, 6.45) is 0. The Labute approximate surface area is 132 Å². The molecule has 1 unspecified atom stereocenters. The summed E-state index contributed by atoms with van der Waals surface area (Å²) in [7, 11) is 1.37. The first kappa shape index (κ1) is 14.7. The second-order valence-electron chi connectivity index (χ2n) is 3.92. The zero-order valence-corrected chi connectivity index (χ0v) is 13.7. The second kappa shape index (κ2) is 6.17. The Bertz CT molecular complexity index is 581. The zero-order chi connectivity index (χ0) is 14.0. The first-order valence-corrected chi connectivity index (χ1v) is 7.45. The minimum Gasteiger partial charge on any atom is -0.497 e. The summed E-state index contributed by atoms with van der Waals surface area (Å²) < 4.78 is 33.8. The molecule has 0 fully saturated rings. The fourth-order valence-electron chi connectivity index (χ4n) is 1.75. The molecule has 0 amide bonds. The molecule has 0 aliphatic rings. The molecule has 0 radical (unpaired) electrons. The standard InChI is InChI=1S/C14H10BrF2IO/c1-19-10-6-11(16)13(12(17)7-10)14(15)8-3-2-4-9(18)5-8/h2-7,14H,1H3. The van der Waals surface area contributed by atoms with Gasteiger partial charge in [-0.15, -0.1) is 0 Å². The summed E-state index contributed by atoms with van der Waals surface area (Å²) in [5.74, 6) is -1.09. The normalized spacial score (nSPS) is 12.3. The van der Waals surface area contributed by atoms with Crippen molar-refractivity contribution in [2.45, 2.75) is 4.83 Å². The lowest BCUT2D eigenvalue weighted by Crippen LogP contribution is -2.02. The van der Waals surface area contributed by atoms with Crippen molar-refractivity contribution in [3.63, 3.8) is 0 Å². The van der Waals surface area contributed by atoms with Crippen LogP contribution >= 0.6 is 38.5 Å². The minimum absolute atomic E-state index is 0.0113. The summed E-state index contributed by atoms with van der Waals surface area (Å²) in [6, 6.07) is 9.84. The number of rotatable bonds is 3. The molecule has 0 aliphatic carbocycles.